The third-order valence-electron chi connectivity index (χ3n) is 1.81. The van der Waals surface area contributed by atoms with Gasteiger partial charge >= 0.3 is 0 Å². The Hall–Kier alpha value is 0.759. The van der Waals surface area contributed by atoms with Gasteiger partial charge in [-0.15, -0.1) is 0 Å². The van der Waals surface area contributed by atoms with Crippen LogP contribution in [0.3, 0.4) is 0 Å². The summed E-state index contributed by atoms with van der Waals surface area (Å²) in [6.07, 6.45) is 0. The molecule has 2 aromatic rings. The molecule has 0 aliphatic heterocycles. The molecule has 2 rings (SSSR count). The van der Waals surface area contributed by atoms with Crippen LogP contribution in [0.15, 0.2) is 36.4 Å². The van der Waals surface area contributed by atoms with Crippen molar-refractivity contribution in [2.75, 3.05) is 0 Å². The van der Waals surface area contributed by atoms with Gasteiger partial charge in [0.25, 0.3) is 0 Å². The van der Waals surface area contributed by atoms with Crippen LogP contribution >= 0.6 is 0 Å². The van der Waals surface area contributed by atoms with Crippen molar-refractivity contribution < 1.29 is 86.5 Å². The molecule has 0 amide bonds. The van der Waals surface area contributed by atoms with Gasteiger partial charge in [-0.1, -0.05) is 0 Å². The fourth-order valence-corrected chi connectivity index (χ4v) is 1.13. The van der Waals surface area contributed by atoms with E-state index in [1.165, 1.54) is 0 Å². The monoisotopic (exact) mass is 926 g/mol. The summed E-state index contributed by atoms with van der Waals surface area (Å²) in [7, 11) is 0. The number of hydrogen-bond donors (Lipinski definition) is 0. The van der Waals surface area contributed by atoms with Crippen LogP contribution in [0.25, 0.3) is 0 Å². The minimum Gasteiger partial charge on any atom is -0.358 e. The van der Waals surface area contributed by atoms with E-state index in [2.05, 4.69) is 24.3 Å². The van der Waals surface area contributed by atoms with Crippen molar-refractivity contribution in [3.05, 3.63) is 71.8 Å². The molecule has 0 heterocycles. The van der Waals surface area contributed by atoms with E-state index in [1.54, 1.807) is 36.4 Å². The van der Waals surface area contributed by atoms with Gasteiger partial charge in [0.05, 0.1) is 0 Å². The quantitative estimate of drug-likeness (QED) is 0.334. The zero-order valence-electron chi connectivity index (χ0n) is 8.88. The molecule has 5 heteroatoms. The number of carbonyl (C=O) groups excluding carboxylic acids is 1. The molecule has 1 nitrogen and oxygen atoms in total. The van der Waals surface area contributed by atoms with Crippen LogP contribution in [0.1, 0.15) is 15.9 Å². The molecule has 0 spiro atoms. The van der Waals surface area contributed by atoms with Crippen LogP contribution in [-0.2, 0) is 81.7 Å². The Balaban J connectivity index is -0.000000562. The summed E-state index contributed by atoms with van der Waals surface area (Å²) in [6, 6.07) is 21.1. The molecule has 0 fully saturated rings. The second-order valence-corrected chi connectivity index (χ2v) is 2.77. The van der Waals surface area contributed by atoms with Crippen LogP contribution in [0.5, 0.6) is 0 Å². The van der Waals surface area contributed by atoms with E-state index in [0.29, 0.717) is 11.1 Å². The zero-order valence-corrected chi connectivity index (χ0v) is 19.7. The first kappa shape index (κ1) is 23.8. The summed E-state index contributed by atoms with van der Waals surface area (Å²) in [5.74, 6) is -0.0498. The summed E-state index contributed by atoms with van der Waals surface area (Å²) in [5.41, 5.74) is 1.17. The fourth-order valence-electron chi connectivity index (χ4n) is 1.13. The van der Waals surface area contributed by atoms with E-state index in [0.717, 1.165) is 0 Å². The minimum absolute atomic E-state index is 0. The summed E-state index contributed by atoms with van der Waals surface area (Å²) in [5, 5.41) is 0. The van der Waals surface area contributed by atoms with Gasteiger partial charge in [-0.05, 0) is 5.78 Å². The van der Waals surface area contributed by atoms with Crippen LogP contribution in [0, 0.1) is 24.3 Å². The van der Waals surface area contributed by atoms with E-state index >= 15 is 0 Å². The van der Waals surface area contributed by atoms with Gasteiger partial charge in [-0.3, -0.25) is 24.3 Å². The van der Waals surface area contributed by atoms with Crippen LogP contribution in [0.4, 0.5) is 0 Å². The van der Waals surface area contributed by atoms with Crippen molar-refractivity contribution in [2.45, 2.75) is 0 Å². The Morgan fingerprint density at radius 3 is 1.22 bits per heavy atom. The number of benzene rings is 2. The number of rotatable bonds is 2. The molecule has 2 aromatic carbocycles. The summed E-state index contributed by atoms with van der Waals surface area (Å²) >= 11 is 0. The number of hydrogen-bond acceptors (Lipinski definition) is 1. The maximum atomic E-state index is 11.8. The van der Waals surface area contributed by atoms with Gasteiger partial charge in [-0.25, -0.2) is 11.1 Å². The SMILES string of the molecule is O=C(c1c[c-]c[c-]c1)c1c[c-]c[c-]c1.[Re].[Re].[Re].[Re]. The Bertz CT molecular complexity index is 390. The van der Waals surface area contributed by atoms with Crippen LogP contribution in [0.2, 0.25) is 0 Å². The van der Waals surface area contributed by atoms with Gasteiger partial charge in [0, 0.05) is 81.7 Å². The van der Waals surface area contributed by atoms with Crippen molar-refractivity contribution in [2.24, 2.45) is 0 Å². The van der Waals surface area contributed by atoms with E-state index in [1.807, 2.05) is 0 Å². The molecule has 0 aliphatic rings. The van der Waals surface area contributed by atoms with Crippen molar-refractivity contribution in [1.82, 2.24) is 0 Å². The van der Waals surface area contributed by atoms with Crippen molar-refractivity contribution >= 4 is 5.78 Å². The summed E-state index contributed by atoms with van der Waals surface area (Å²) in [6.45, 7) is 0. The molecule has 0 aliphatic carbocycles. The second-order valence-electron chi connectivity index (χ2n) is 2.77. The van der Waals surface area contributed by atoms with Gasteiger partial charge in [-0.2, -0.15) is 0 Å². The third-order valence-corrected chi connectivity index (χ3v) is 1.81. The van der Waals surface area contributed by atoms with E-state index in [-0.39, 0.29) is 87.5 Å². The molecule has 96 valence electrons. The first-order valence-electron chi connectivity index (χ1n) is 4.17. The maximum Gasteiger partial charge on any atom is 0 e. The number of carbonyl (C=O) groups is 1. The zero-order chi connectivity index (χ0) is 9.80. The van der Waals surface area contributed by atoms with E-state index in [4.69, 9.17) is 0 Å². The molecule has 0 aromatic heterocycles. The normalized spacial score (nSPS) is 7.56. The predicted octanol–water partition coefficient (Wildman–Crippen LogP) is 2.11. The third kappa shape index (κ3) is 6.79. The molecule has 18 heavy (non-hydrogen) atoms. The number of ketones is 1. The Labute approximate surface area is 162 Å². The first-order chi connectivity index (χ1) is 6.88. The molecule has 4 radical (unpaired) electrons. The van der Waals surface area contributed by atoms with Gasteiger partial charge in [0.15, 0.2) is 0 Å². The molecule has 0 atom stereocenters. The minimum atomic E-state index is -0.0498. The van der Waals surface area contributed by atoms with Gasteiger partial charge < -0.3 is 41.2 Å². The van der Waals surface area contributed by atoms with Crippen molar-refractivity contribution in [3.8, 4) is 0 Å². The van der Waals surface area contributed by atoms with E-state index < -0.39 is 0 Å². The fraction of sp³-hybridized carbons (Fsp3) is 0. The molecule has 0 unspecified atom stereocenters. The maximum absolute atomic E-state index is 11.8. The average Bonchev–Trinajstić information content (AvgIpc) is 2.30. The summed E-state index contributed by atoms with van der Waals surface area (Å²) < 4.78 is 0. The Morgan fingerprint density at radius 2 is 0.944 bits per heavy atom. The average molecular weight is 923 g/mol. The Morgan fingerprint density at radius 1 is 0.667 bits per heavy atom. The Kier molecular flexibility index (Phi) is 16.9. The molecule has 0 saturated carbocycles. The molecular weight excluding hydrogens is 917 g/mol. The van der Waals surface area contributed by atoms with Crippen molar-refractivity contribution in [3.63, 3.8) is 0 Å². The van der Waals surface area contributed by atoms with E-state index in [9.17, 15) is 4.79 Å². The van der Waals surface area contributed by atoms with Gasteiger partial charge in [0.1, 0.15) is 0 Å². The van der Waals surface area contributed by atoms with Gasteiger partial charge in [0.2, 0.25) is 0 Å². The largest absolute Gasteiger partial charge is 0.358 e. The molecular formula is C13H6ORe4-4. The molecule has 0 N–H and O–H groups in total. The summed E-state index contributed by atoms with van der Waals surface area (Å²) in [4.78, 5) is 11.8. The van der Waals surface area contributed by atoms with Crippen molar-refractivity contribution in [1.29, 1.82) is 0 Å². The van der Waals surface area contributed by atoms with Crippen LogP contribution in [-0.4, -0.2) is 5.78 Å². The molecule has 0 saturated heterocycles. The smallest absolute Gasteiger partial charge is 0 e. The second kappa shape index (κ2) is 12.8. The predicted molar refractivity (Wildman–Crippen MR) is 51.7 cm³/mol. The first-order valence-corrected chi connectivity index (χ1v) is 4.17. The van der Waals surface area contributed by atoms with Crippen LogP contribution < -0.4 is 0 Å². The molecule has 0 bridgehead atoms. The topological polar surface area (TPSA) is 17.1 Å². The standard InChI is InChI=1S/C13H6O.4Re/c14-13(11-7-3-1-4-8-11)12-9-5-2-6-10-12;;;;/h1-2,7-10H;;;;/q-4;;;;.